The van der Waals surface area contributed by atoms with Crippen LogP contribution in [0.3, 0.4) is 0 Å². The van der Waals surface area contributed by atoms with Gasteiger partial charge >= 0.3 is 6.18 Å². The molecular weight excluding hydrogens is 487 g/mol. The van der Waals surface area contributed by atoms with Crippen LogP contribution in [0.1, 0.15) is 52.7 Å². The summed E-state index contributed by atoms with van der Waals surface area (Å²) in [7, 11) is 0. The van der Waals surface area contributed by atoms with Crippen LogP contribution in [-0.4, -0.2) is 64.7 Å². The Labute approximate surface area is 213 Å². The Bertz CT molecular complexity index is 1110. The number of hydrogen-bond donors (Lipinski definition) is 4. The molecule has 4 rings (SSSR count). The zero-order valence-electron chi connectivity index (χ0n) is 20.6. The second kappa shape index (κ2) is 10.8. The molecule has 37 heavy (non-hydrogen) atoms. The standard InChI is InChI=1S/C27H32F3N3O4/c1-17-5-7-19(8-6-17)26(37)11-9-21(10-12-26)33-15-22(23(34)16-33)32-24(35)14-31-25(36)18-3-2-4-20(13-18)27(28,29)30/h2-8,13,21-23,34,37H,9-12,14-16H2,1H3,(H,31,36)(H,32,35)/t21?,22-,23-,26?/m0/s1. The first-order chi connectivity index (χ1) is 17.4. The van der Waals surface area contributed by atoms with Crippen molar-refractivity contribution in [1.82, 2.24) is 15.5 Å². The van der Waals surface area contributed by atoms with Crippen LogP contribution in [-0.2, 0) is 16.6 Å². The van der Waals surface area contributed by atoms with Gasteiger partial charge < -0.3 is 20.8 Å². The zero-order valence-corrected chi connectivity index (χ0v) is 20.6. The molecule has 1 saturated heterocycles. The summed E-state index contributed by atoms with van der Waals surface area (Å²) in [4.78, 5) is 26.7. The molecule has 200 valence electrons. The number of carbonyl (C=O) groups excluding carboxylic acids is 2. The molecule has 0 bridgehead atoms. The van der Waals surface area contributed by atoms with E-state index in [0.717, 1.165) is 42.2 Å². The zero-order chi connectivity index (χ0) is 26.8. The van der Waals surface area contributed by atoms with E-state index >= 15 is 0 Å². The molecular formula is C27H32F3N3O4. The van der Waals surface area contributed by atoms with Crippen LogP contribution in [0.25, 0.3) is 0 Å². The van der Waals surface area contributed by atoms with Crippen LogP contribution in [0.15, 0.2) is 48.5 Å². The van der Waals surface area contributed by atoms with Gasteiger partial charge in [-0.1, -0.05) is 35.9 Å². The number of alkyl halides is 3. The van der Waals surface area contributed by atoms with Gasteiger partial charge in [-0.15, -0.1) is 0 Å². The maximum atomic E-state index is 12.9. The predicted molar refractivity (Wildman–Crippen MR) is 131 cm³/mol. The quantitative estimate of drug-likeness (QED) is 0.470. The SMILES string of the molecule is Cc1ccc(C2(O)CCC(N3C[C@H](NC(=O)CNC(=O)c4cccc(C(F)(F)F)c4)[C@@H](O)C3)CC2)cc1. The minimum absolute atomic E-state index is 0.169. The summed E-state index contributed by atoms with van der Waals surface area (Å²) < 4.78 is 38.6. The molecule has 2 fully saturated rings. The van der Waals surface area contributed by atoms with Gasteiger partial charge in [0.25, 0.3) is 5.91 Å². The topological polar surface area (TPSA) is 102 Å². The van der Waals surface area contributed by atoms with Crippen LogP contribution in [0.4, 0.5) is 13.2 Å². The highest BCUT2D eigenvalue weighted by Gasteiger charge is 2.41. The van der Waals surface area contributed by atoms with Crippen molar-refractivity contribution in [1.29, 1.82) is 0 Å². The Kier molecular flexibility index (Phi) is 7.91. The number of rotatable bonds is 6. The highest BCUT2D eigenvalue weighted by atomic mass is 19.4. The van der Waals surface area contributed by atoms with E-state index in [1.807, 2.05) is 31.2 Å². The van der Waals surface area contributed by atoms with Crippen LogP contribution >= 0.6 is 0 Å². The van der Waals surface area contributed by atoms with Gasteiger partial charge in [-0.05, 0) is 56.4 Å². The molecule has 4 N–H and O–H groups in total. The third kappa shape index (κ3) is 6.49. The summed E-state index contributed by atoms with van der Waals surface area (Å²) in [5, 5.41) is 26.7. The Balaban J connectivity index is 1.25. The molecule has 0 radical (unpaired) electrons. The van der Waals surface area contributed by atoms with E-state index in [4.69, 9.17) is 0 Å². The number of amides is 2. The lowest BCUT2D eigenvalue weighted by atomic mass is 9.77. The van der Waals surface area contributed by atoms with Gasteiger partial charge in [-0.25, -0.2) is 0 Å². The Morgan fingerprint density at radius 3 is 2.41 bits per heavy atom. The fraction of sp³-hybridized carbons (Fsp3) is 0.481. The van der Waals surface area contributed by atoms with Gasteiger partial charge in [-0.3, -0.25) is 14.5 Å². The number of nitrogens with one attached hydrogen (secondary N) is 2. The van der Waals surface area contributed by atoms with Crippen molar-refractivity contribution in [3.8, 4) is 0 Å². The number of hydrogen-bond acceptors (Lipinski definition) is 5. The monoisotopic (exact) mass is 519 g/mol. The normalized spacial score (nSPS) is 26.6. The maximum absolute atomic E-state index is 12.9. The molecule has 1 heterocycles. The van der Waals surface area contributed by atoms with Crippen LogP contribution in [0.2, 0.25) is 0 Å². The first kappa shape index (κ1) is 27.1. The van der Waals surface area contributed by atoms with Crippen molar-refractivity contribution in [2.75, 3.05) is 19.6 Å². The van der Waals surface area contributed by atoms with Gasteiger partial charge in [0.05, 0.1) is 29.9 Å². The smallest absolute Gasteiger partial charge is 0.390 e. The second-order valence-electron chi connectivity index (χ2n) is 10.1. The number of aliphatic hydroxyl groups excluding tert-OH is 1. The van der Waals surface area contributed by atoms with E-state index in [0.29, 0.717) is 25.9 Å². The van der Waals surface area contributed by atoms with Gasteiger partial charge in [0.1, 0.15) is 0 Å². The maximum Gasteiger partial charge on any atom is 0.416 e. The molecule has 0 unspecified atom stereocenters. The first-order valence-electron chi connectivity index (χ1n) is 12.4. The third-order valence-electron chi connectivity index (χ3n) is 7.41. The van der Waals surface area contributed by atoms with Crippen molar-refractivity contribution in [2.45, 2.75) is 62.6 Å². The van der Waals surface area contributed by atoms with Gasteiger partial charge in [0.15, 0.2) is 0 Å². The second-order valence-corrected chi connectivity index (χ2v) is 10.1. The Hall–Kier alpha value is -2.95. The Morgan fingerprint density at radius 2 is 1.76 bits per heavy atom. The average Bonchev–Trinajstić information content (AvgIpc) is 3.22. The van der Waals surface area contributed by atoms with Gasteiger partial charge in [-0.2, -0.15) is 13.2 Å². The summed E-state index contributed by atoms with van der Waals surface area (Å²) in [5.41, 5.74) is 0.0377. The number of aliphatic hydroxyl groups is 2. The molecule has 1 saturated carbocycles. The van der Waals surface area contributed by atoms with Crippen molar-refractivity contribution in [3.05, 3.63) is 70.8 Å². The average molecular weight is 520 g/mol. The fourth-order valence-corrected chi connectivity index (χ4v) is 5.21. The summed E-state index contributed by atoms with van der Waals surface area (Å²) in [5.74, 6) is -1.33. The predicted octanol–water partition coefficient (Wildman–Crippen LogP) is 2.74. The number of halogens is 3. The number of likely N-dealkylation sites (tertiary alicyclic amines) is 1. The van der Waals surface area contributed by atoms with E-state index in [2.05, 4.69) is 15.5 Å². The van der Waals surface area contributed by atoms with Crippen molar-refractivity contribution >= 4 is 11.8 Å². The van der Waals surface area contributed by atoms with Crippen LogP contribution in [0, 0.1) is 6.92 Å². The summed E-state index contributed by atoms with van der Waals surface area (Å²) in [6.45, 7) is 2.39. The van der Waals surface area contributed by atoms with Gasteiger partial charge in [0, 0.05) is 24.7 Å². The molecule has 1 aliphatic heterocycles. The van der Waals surface area contributed by atoms with Gasteiger partial charge in [0.2, 0.25) is 5.91 Å². The molecule has 0 aromatic heterocycles. The molecule has 2 atom stereocenters. The van der Waals surface area contributed by atoms with E-state index in [1.165, 1.54) is 6.07 Å². The first-order valence-corrected chi connectivity index (χ1v) is 12.4. The molecule has 2 amide bonds. The molecule has 1 aliphatic carbocycles. The molecule has 2 aromatic carbocycles. The highest BCUT2D eigenvalue weighted by molar-refractivity contribution is 5.96. The van der Waals surface area contributed by atoms with Crippen molar-refractivity contribution in [3.63, 3.8) is 0 Å². The summed E-state index contributed by atoms with van der Waals surface area (Å²) in [6, 6.07) is 11.5. The molecule has 2 aromatic rings. The van der Waals surface area contributed by atoms with Crippen molar-refractivity contribution in [2.24, 2.45) is 0 Å². The number of nitrogens with zero attached hydrogens (tertiary/aromatic N) is 1. The number of carbonyl (C=O) groups is 2. The minimum Gasteiger partial charge on any atom is -0.390 e. The summed E-state index contributed by atoms with van der Waals surface area (Å²) >= 11 is 0. The largest absolute Gasteiger partial charge is 0.416 e. The Morgan fingerprint density at radius 1 is 1.08 bits per heavy atom. The van der Waals surface area contributed by atoms with Crippen molar-refractivity contribution < 1.29 is 33.0 Å². The van der Waals surface area contributed by atoms with E-state index in [9.17, 15) is 33.0 Å². The lowest BCUT2D eigenvalue weighted by Crippen LogP contribution is -2.47. The lowest BCUT2D eigenvalue weighted by molar-refractivity contribution is -0.137. The molecule has 2 aliphatic rings. The number of aryl methyl sites for hydroxylation is 1. The summed E-state index contributed by atoms with van der Waals surface area (Å²) in [6.07, 6.45) is -2.65. The molecule has 7 nitrogen and oxygen atoms in total. The van der Waals surface area contributed by atoms with Crippen LogP contribution in [0.5, 0.6) is 0 Å². The molecule has 0 spiro atoms. The van der Waals surface area contributed by atoms with E-state index in [-0.39, 0.29) is 11.6 Å². The third-order valence-corrected chi connectivity index (χ3v) is 7.41. The number of benzene rings is 2. The minimum atomic E-state index is -4.57. The highest BCUT2D eigenvalue weighted by Crippen LogP contribution is 2.39. The fourth-order valence-electron chi connectivity index (χ4n) is 5.21. The molecule has 10 heteroatoms. The van der Waals surface area contributed by atoms with E-state index in [1.54, 1.807) is 0 Å². The van der Waals surface area contributed by atoms with Crippen LogP contribution < -0.4 is 10.6 Å². The van der Waals surface area contributed by atoms with E-state index < -0.39 is 47.8 Å². The lowest BCUT2D eigenvalue weighted by Gasteiger charge is -2.40. The number of β-amino-alcohol motifs (C(OH)–C–C–N with tert-alkyl or cyclic N) is 1.